The van der Waals surface area contributed by atoms with Crippen LogP contribution in [0.2, 0.25) is 0 Å². The van der Waals surface area contributed by atoms with E-state index in [0.29, 0.717) is 17.0 Å². The number of hydrogen-bond donors (Lipinski definition) is 1. The molecule has 4 rings (SSSR count). The number of urea groups is 1. The average Bonchev–Trinajstić information content (AvgIpc) is 2.74. The molecule has 7 nitrogen and oxygen atoms in total. The van der Waals surface area contributed by atoms with Crippen LogP contribution in [0.25, 0.3) is 6.08 Å². The summed E-state index contributed by atoms with van der Waals surface area (Å²) in [6.45, 7) is 8.45. The SMILES string of the molecule is COc1cc2c(cc1/C=C1/C(=O)NC(=O)N(c3cccc(C)c3)C1=O)C(C)CC(C)(C)N2C. The highest BCUT2D eigenvalue weighted by Crippen LogP contribution is 2.45. The van der Waals surface area contributed by atoms with Crippen molar-refractivity contribution in [3.05, 3.63) is 58.7 Å². The Labute approximate surface area is 194 Å². The Morgan fingerprint density at radius 1 is 1.15 bits per heavy atom. The number of rotatable bonds is 3. The van der Waals surface area contributed by atoms with Gasteiger partial charge in [0.05, 0.1) is 12.8 Å². The number of ether oxygens (including phenoxy) is 1. The quantitative estimate of drug-likeness (QED) is 0.558. The summed E-state index contributed by atoms with van der Waals surface area (Å²) < 4.78 is 5.63. The summed E-state index contributed by atoms with van der Waals surface area (Å²) in [5.41, 5.74) is 3.98. The molecule has 2 aromatic rings. The lowest BCUT2D eigenvalue weighted by molar-refractivity contribution is -0.122. The number of anilines is 2. The summed E-state index contributed by atoms with van der Waals surface area (Å²) in [7, 11) is 3.62. The first-order chi connectivity index (χ1) is 15.5. The Hall–Kier alpha value is -3.61. The molecular weight excluding hydrogens is 418 g/mol. The van der Waals surface area contributed by atoms with E-state index < -0.39 is 17.8 Å². The van der Waals surface area contributed by atoms with Gasteiger partial charge in [-0.25, -0.2) is 9.69 Å². The Morgan fingerprint density at radius 2 is 1.88 bits per heavy atom. The first-order valence-electron chi connectivity index (χ1n) is 11.0. The summed E-state index contributed by atoms with van der Waals surface area (Å²) in [5, 5.41) is 2.28. The van der Waals surface area contributed by atoms with Crippen LogP contribution in [0.3, 0.4) is 0 Å². The van der Waals surface area contributed by atoms with Gasteiger partial charge in [0.15, 0.2) is 0 Å². The van der Waals surface area contributed by atoms with Gasteiger partial charge in [0.1, 0.15) is 11.3 Å². The molecule has 0 spiro atoms. The number of benzene rings is 2. The molecule has 1 N–H and O–H groups in total. The molecule has 2 heterocycles. The van der Waals surface area contributed by atoms with Gasteiger partial charge in [0, 0.05) is 29.9 Å². The molecule has 1 saturated heterocycles. The van der Waals surface area contributed by atoms with E-state index in [1.54, 1.807) is 25.3 Å². The molecule has 0 radical (unpaired) electrons. The topological polar surface area (TPSA) is 79.0 Å². The highest BCUT2D eigenvalue weighted by Gasteiger charge is 2.38. The summed E-state index contributed by atoms with van der Waals surface area (Å²) in [5.74, 6) is -0.548. The second-order valence-electron chi connectivity index (χ2n) is 9.43. The molecule has 2 aliphatic heterocycles. The molecule has 1 fully saturated rings. The van der Waals surface area contributed by atoms with Gasteiger partial charge in [0.25, 0.3) is 11.8 Å². The van der Waals surface area contributed by atoms with Gasteiger partial charge in [0.2, 0.25) is 0 Å². The van der Waals surface area contributed by atoms with Crippen molar-refractivity contribution in [3.8, 4) is 5.75 Å². The number of nitrogens with zero attached hydrogens (tertiary/aromatic N) is 2. The summed E-state index contributed by atoms with van der Waals surface area (Å²) in [4.78, 5) is 41.7. The summed E-state index contributed by atoms with van der Waals surface area (Å²) in [6, 6.07) is 10.2. The van der Waals surface area contributed by atoms with Gasteiger partial charge in [-0.2, -0.15) is 0 Å². The number of carbonyl (C=O) groups excluding carboxylic acids is 3. The van der Waals surface area contributed by atoms with Crippen LogP contribution in [-0.2, 0) is 9.59 Å². The second kappa shape index (κ2) is 8.06. The molecule has 7 heteroatoms. The Bertz CT molecular complexity index is 1200. The summed E-state index contributed by atoms with van der Waals surface area (Å²) >= 11 is 0. The standard InChI is InChI=1S/C26H29N3O4/c1-15-8-7-9-18(10-15)29-24(31)20(23(30)27-25(29)32)12-17-11-19-16(2)14-26(3,4)28(5)21(19)13-22(17)33-6/h7-13,16H,14H2,1-6H3,(H,27,30,32)/b20-12-. The third-order valence-corrected chi connectivity index (χ3v) is 6.65. The number of hydrogen-bond acceptors (Lipinski definition) is 5. The summed E-state index contributed by atoms with van der Waals surface area (Å²) in [6.07, 6.45) is 2.48. The van der Waals surface area contributed by atoms with Crippen LogP contribution < -0.4 is 19.9 Å². The fraction of sp³-hybridized carbons (Fsp3) is 0.346. The number of barbiturate groups is 1. The predicted octanol–water partition coefficient (Wildman–Crippen LogP) is 4.39. The van der Waals surface area contributed by atoms with Gasteiger partial charge in [-0.05, 0) is 68.5 Å². The van der Waals surface area contributed by atoms with Crippen LogP contribution >= 0.6 is 0 Å². The predicted molar refractivity (Wildman–Crippen MR) is 129 cm³/mol. The van der Waals surface area contributed by atoms with Crippen molar-refractivity contribution in [1.82, 2.24) is 5.32 Å². The Morgan fingerprint density at radius 3 is 2.55 bits per heavy atom. The van der Waals surface area contributed by atoms with E-state index in [1.807, 2.05) is 25.1 Å². The monoisotopic (exact) mass is 447 g/mol. The van der Waals surface area contributed by atoms with Crippen molar-refractivity contribution in [3.63, 3.8) is 0 Å². The van der Waals surface area contributed by atoms with Gasteiger partial charge >= 0.3 is 6.03 Å². The van der Waals surface area contributed by atoms with Crippen LogP contribution in [0.15, 0.2) is 42.0 Å². The van der Waals surface area contributed by atoms with E-state index in [1.165, 1.54) is 6.08 Å². The number of imide groups is 2. The lowest BCUT2D eigenvalue weighted by Crippen LogP contribution is -2.54. The fourth-order valence-corrected chi connectivity index (χ4v) is 4.71. The lowest BCUT2D eigenvalue weighted by atomic mass is 9.79. The normalized spacial score (nSPS) is 21.2. The van der Waals surface area contributed by atoms with Crippen LogP contribution in [0.1, 0.15) is 49.8 Å². The first kappa shape index (κ1) is 22.6. The highest BCUT2D eigenvalue weighted by molar-refractivity contribution is 6.39. The first-order valence-corrected chi connectivity index (χ1v) is 11.0. The van der Waals surface area contributed by atoms with E-state index >= 15 is 0 Å². The number of amides is 4. The zero-order chi connectivity index (χ0) is 24.1. The van der Waals surface area contributed by atoms with Gasteiger partial charge in [-0.3, -0.25) is 14.9 Å². The van der Waals surface area contributed by atoms with Crippen molar-refractivity contribution in [2.75, 3.05) is 24.0 Å². The van der Waals surface area contributed by atoms with Gasteiger partial charge in [-0.1, -0.05) is 19.1 Å². The van der Waals surface area contributed by atoms with E-state index in [9.17, 15) is 14.4 Å². The molecule has 0 saturated carbocycles. The van der Waals surface area contributed by atoms with Crippen molar-refractivity contribution in [2.24, 2.45) is 0 Å². The third kappa shape index (κ3) is 3.88. The van der Waals surface area contributed by atoms with Crippen molar-refractivity contribution in [2.45, 2.75) is 45.6 Å². The number of nitrogens with one attached hydrogen (secondary N) is 1. The van der Waals surface area contributed by atoms with Crippen LogP contribution in [0.5, 0.6) is 5.75 Å². The van der Waals surface area contributed by atoms with Crippen LogP contribution in [0, 0.1) is 6.92 Å². The highest BCUT2D eigenvalue weighted by atomic mass is 16.5. The minimum atomic E-state index is -0.761. The minimum absolute atomic E-state index is 0.00862. The zero-order valence-corrected chi connectivity index (χ0v) is 19.9. The number of carbonyl (C=O) groups is 3. The molecule has 0 aromatic heterocycles. The number of fused-ring (bicyclic) bond motifs is 1. The maximum atomic E-state index is 13.3. The van der Waals surface area contributed by atoms with E-state index in [-0.39, 0.29) is 17.0 Å². The van der Waals surface area contributed by atoms with Crippen molar-refractivity contribution in [1.29, 1.82) is 0 Å². The average molecular weight is 448 g/mol. The van der Waals surface area contributed by atoms with Crippen molar-refractivity contribution >= 4 is 35.3 Å². The molecule has 1 atom stereocenters. The van der Waals surface area contributed by atoms with E-state index in [4.69, 9.17) is 4.74 Å². The molecule has 0 bridgehead atoms. The molecule has 1 unspecified atom stereocenters. The number of aryl methyl sites for hydroxylation is 1. The van der Waals surface area contributed by atoms with Crippen LogP contribution in [0.4, 0.5) is 16.2 Å². The maximum Gasteiger partial charge on any atom is 0.335 e. The maximum absolute atomic E-state index is 13.3. The fourth-order valence-electron chi connectivity index (χ4n) is 4.71. The third-order valence-electron chi connectivity index (χ3n) is 6.65. The van der Waals surface area contributed by atoms with Crippen LogP contribution in [-0.4, -0.2) is 37.5 Å². The Kier molecular flexibility index (Phi) is 5.52. The lowest BCUT2D eigenvalue weighted by Gasteiger charge is -2.45. The smallest absolute Gasteiger partial charge is 0.335 e. The van der Waals surface area contributed by atoms with Crippen molar-refractivity contribution < 1.29 is 19.1 Å². The molecule has 4 amide bonds. The van der Waals surface area contributed by atoms with E-state index in [0.717, 1.165) is 28.1 Å². The largest absolute Gasteiger partial charge is 0.496 e. The molecule has 33 heavy (non-hydrogen) atoms. The molecular formula is C26H29N3O4. The Balaban J connectivity index is 1.81. The molecule has 2 aliphatic rings. The van der Waals surface area contributed by atoms with Gasteiger partial charge in [-0.15, -0.1) is 0 Å². The van der Waals surface area contributed by atoms with Gasteiger partial charge < -0.3 is 9.64 Å². The molecule has 2 aromatic carbocycles. The molecule has 172 valence electrons. The van der Waals surface area contributed by atoms with E-state index in [2.05, 4.69) is 38.0 Å². The minimum Gasteiger partial charge on any atom is -0.496 e. The second-order valence-corrected chi connectivity index (χ2v) is 9.43. The number of methoxy groups -OCH3 is 1. The zero-order valence-electron chi connectivity index (χ0n) is 19.9. The molecule has 0 aliphatic carbocycles.